The zero-order valence-electron chi connectivity index (χ0n) is 11.3. The first-order chi connectivity index (χ1) is 9.19. The predicted molar refractivity (Wildman–Crippen MR) is 79.6 cm³/mol. The molecular formula is C15H18N2OS. The van der Waals surface area contributed by atoms with Gasteiger partial charge in [-0.1, -0.05) is 49.4 Å². The summed E-state index contributed by atoms with van der Waals surface area (Å²) >= 11 is 1.58. The second kappa shape index (κ2) is 6.57. The Kier molecular flexibility index (Phi) is 4.80. The molecule has 0 aliphatic carbocycles. The molecule has 0 saturated heterocycles. The summed E-state index contributed by atoms with van der Waals surface area (Å²) in [6, 6.07) is 9.86. The van der Waals surface area contributed by atoms with Crippen LogP contribution in [-0.2, 0) is 12.2 Å². The number of hydrogen-bond acceptors (Lipinski definition) is 3. The Bertz CT molecular complexity index is 607. The molecule has 0 amide bonds. The normalized spacial score (nSPS) is 10.6. The van der Waals surface area contributed by atoms with E-state index in [-0.39, 0.29) is 5.56 Å². The number of aryl methyl sites for hydroxylation is 2. The fourth-order valence-corrected chi connectivity index (χ4v) is 2.82. The molecule has 3 nitrogen and oxygen atoms in total. The molecule has 0 saturated carbocycles. The first-order valence-electron chi connectivity index (χ1n) is 6.46. The SMILES string of the molecule is CCCc1cc(=O)[nH]c(SCc2ccccc2C)n1. The molecule has 0 unspecified atom stereocenters. The minimum Gasteiger partial charge on any atom is -0.301 e. The van der Waals surface area contributed by atoms with Crippen LogP contribution in [-0.4, -0.2) is 9.97 Å². The van der Waals surface area contributed by atoms with Crippen molar-refractivity contribution in [3.05, 3.63) is 57.5 Å². The number of aromatic nitrogens is 2. The molecule has 1 heterocycles. The highest BCUT2D eigenvalue weighted by Gasteiger charge is 2.03. The van der Waals surface area contributed by atoms with Crippen LogP contribution in [0.5, 0.6) is 0 Å². The van der Waals surface area contributed by atoms with Gasteiger partial charge >= 0.3 is 0 Å². The fraction of sp³-hybridized carbons (Fsp3) is 0.333. The third kappa shape index (κ3) is 3.96. The van der Waals surface area contributed by atoms with E-state index >= 15 is 0 Å². The standard InChI is InChI=1S/C15H18N2OS/c1-3-6-13-9-14(18)17-15(16-13)19-10-12-8-5-4-7-11(12)2/h4-5,7-9H,3,6,10H2,1-2H3,(H,16,17,18). The smallest absolute Gasteiger partial charge is 0.251 e. The van der Waals surface area contributed by atoms with Gasteiger partial charge in [0, 0.05) is 17.5 Å². The molecule has 0 radical (unpaired) electrons. The largest absolute Gasteiger partial charge is 0.301 e. The maximum absolute atomic E-state index is 11.6. The van der Waals surface area contributed by atoms with Crippen molar-refractivity contribution in [1.82, 2.24) is 9.97 Å². The minimum atomic E-state index is -0.0641. The van der Waals surface area contributed by atoms with Crippen molar-refractivity contribution in [2.75, 3.05) is 0 Å². The van der Waals surface area contributed by atoms with Gasteiger partial charge in [0.2, 0.25) is 0 Å². The quantitative estimate of drug-likeness (QED) is 0.672. The Labute approximate surface area is 117 Å². The Hall–Kier alpha value is -1.55. The summed E-state index contributed by atoms with van der Waals surface area (Å²) in [4.78, 5) is 18.8. The van der Waals surface area contributed by atoms with Gasteiger partial charge in [0.25, 0.3) is 5.56 Å². The summed E-state index contributed by atoms with van der Waals surface area (Å²) in [5, 5.41) is 0.708. The van der Waals surface area contributed by atoms with Crippen molar-refractivity contribution in [1.29, 1.82) is 0 Å². The van der Waals surface area contributed by atoms with Crippen LogP contribution in [0.4, 0.5) is 0 Å². The minimum absolute atomic E-state index is 0.0641. The third-order valence-electron chi connectivity index (χ3n) is 2.90. The second-order valence-electron chi connectivity index (χ2n) is 4.51. The molecule has 0 spiro atoms. The van der Waals surface area contributed by atoms with Crippen molar-refractivity contribution in [2.45, 2.75) is 37.6 Å². The van der Waals surface area contributed by atoms with Crippen LogP contribution in [0.1, 0.15) is 30.2 Å². The topological polar surface area (TPSA) is 45.8 Å². The van der Waals surface area contributed by atoms with E-state index in [1.807, 2.05) is 12.1 Å². The highest BCUT2D eigenvalue weighted by Crippen LogP contribution is 2.20. The lowest BCUT2D eigenvalue weighted by Crippen LogP contribution is -2.10. The summed E-state index contributed by atoms with van der Waals surface area (Å²) < 4.78 is 0. The lowest BCUT2D eigenvalue weighted by atomic mass is 10.1. The maximum Gasteiger partial charge on any atom is 0.251 e. The highest BCUT2D eigenvalue weighted by molar-refractivity contribution is 7.98. The molecule has 0 aliphatic rings. The number of H-pyrrole nitrogens is 1. The molecule has 4 heteroatoms. The molecule has 1 aromatic carbocycles. The van der Waals surface area contributed by atoms with Crippen molar-refractivity contribution in [3.8, 4) is 0 Å². The summed E-state index contributed by atoms with van der Waals surface area (Å²) in [5.74, 6) is 0.825. The zero-order chi connectivity index (χ0) is 13.7. The Morgan fingerprint density at radius 3 is 2.84 bits per heavy atom. The number of rotatable bonds is 5. The molecule has 2 aromatic rings. The average Bonchev–Trinajstić information content (AvgIpc) is 2.37. The molecule has 100 valence electrons. The van der Waals surface area contributed by atoms with E-state index in [4.69, 9.17) is 0 Å². The summed E-state index contributed by atoms with van der Waals surface area (Å²) in [5.41, 5.74) is 3.35. The Morgan fingerprint density at radius 2 is 2.11 bits per heavy atom. The van der Waals surface area contributed by atoms with E-state index < -0.39 is 0 Å². The van der Waals surface area contributed by atoms with Gasteiger partial charge in [-0.05, 0) is 24.5 Å². The molecule has 2 rings (SSSR count). The van der Waals surface area contributed by atoms with Crippen molar-refractivity contribution < 1.29 is 0 Å². The van der Waals surface area contributed by atoms with E-state index in [0.717, 1.165) is 24.3 Å². The summed E-state index contributed by atoms with van der Waals surface area (Å²) in [6.07, 6.45) is 1.85. The first kappa shape index (κ1) is 13.9. The van der Waals surface area contributed by atoms with Gasteiger partial charge in [-0.15, -0.1) is 0 Å². The Morgan fingerprint density at radius 1 is 1.32 bits per heavy atom. The lowest BCUT2D eigenvalue weighted by molar-refractivity contribution is 0.816. The predicted octanol–water partition coefficient (Wildman–Crippen LogP) is 3.32. The van der Waals surface area contributed by atoms with E-state index in [1.54, 1.807) is 17.8 Å². The first-order valence-corrected chi connectivity index (χ1v) is 7.45. The van der Waals surface area contributed by atoms with E-state index in [0.29, 0.717) is 5.16 Å². The maximum atomic E-state index is 11.6. The molecule has 19 heavy (non-hydrogen) atoms. The van der Waals surface area contributed by atoms with E-state index in [9.17, 15) is 4.79 Å². The number of benzene rings is 1. The molecular weight excluding hydrogens is 256 g/mol. The van der Waals surface area contributed by atoms with Crippen LogP contribution >= 0.6 is 11.8 Å². The van der Waals surface area contributed by atoms with E-state index in [1.165, 1.54) is 11.1 Å². The van der Waals surface area contributed by atoms with Crippen molar-refractivity contribution >= 4 is 11.8 Å². The number of aromatic amines is 1. The van der Waals surface area contributed by atoms with Crippen molar-refractivity contribution in [2.24, 2.45) is 0 Å². The summed E-state index contributed by atoms with van der Waals surface area (Å²) in [7, 11) is 0. The van der Waals surface area contributed by atoms with Gasteiger partial charge < -0.3 is 4.98 Å². The van der Waals surface area contributed by atoms with E-state index in [2.05, 4.69) is 35.9 Å². The van der Waals surface area contributed by atoms with Gasteiger partial charge in [-0.25, -0.2) is 4.98 Å². The van der Waals surface area contributed by atoms with Crippen LogP contribution in [0.25, 0.3) is 0 Å². The number of hydrogen-bond donors (Lipinski definition) is 1. The monoisotopic (exact) mass is 274 g/mol. The van der Waals surface area contributed by atoms with Crippen LogP contribution in [0.2, 0.25) is 0 Å². The number of nitrogens with zero attached hydrogens (tertiary/aromatic N) is 1. The molecule has 1 aromatic heterocycles. The van der Waals surface area contributed by atoms with Gasteiger partial charge in [-0.3, -0.25) is 4.79 Å². The van der Waals surface area contributed by atoms with Crippen LogP contribution in [0.3, 0.4) is 0 Å². The zero-order valence-corrected chi connectivity index (χ0v) is 12.1. The van der Waals surface area contributed by atoms with Gasteiger partial charge in [0.15, 0.2) is 5.16 Å². The molecule has 0 atom stereocenters. The summed E-state index contributed by atoms with van der Waals surface area (Å²) in [6.45, 7) is 4.18. The average molecular weight is 274 g/mol. The number of thioether (sulfide) groups is 1. The fourth-order valence-electron chi connectivity index (χ4n) is 1.85. The lowest BCUT2D eigenvalue weighted by Gasteiger charge is -2.05. The molecule has 0 fully saturated rings. The van der Waals surface area contributed by atoms with Crippen LogP contribution in [0.15, 0.2) is 40.3 Å². The third-order valence-corrected chi connectivity index (χ3v) is 3.83. The molecule has 0 bridgehead atoms. The Balaban J connectivity index is 2.11. The molecule has 1 N–H and O–H groups in total. The van der Waals surface area contributed by atoms with Crippen LogP contribution in [0, 0.1) is 6.92 Å². The van der Waals surface area contributed by atoms with Crippen molar-refractivity contribution in [3.63, 3.8) is 0 Å². The van der Waals surface area contributed by atoms with Crippen LogP contribution < -0.4 is 5.56 Å². The van der Waals surface area contributed by atoms with Gasteiger partial charge in [-0.2, -0.15) is 0 Å². The highest BCUT2D eigenvalue weighted by atomic mass is 32.2. The molecule has 0 aliphatic heterocycles. The second-order valence-corrected chi connectivity index (χ2v) is 5.47. The van der Waals surface area contributed by atoms with Gasteiger partial charge in [0.1, 0.15) is 0 Å². The number of nitrogens with one attached hydrogen (secondary N) is 1. The van der Waals surface area contributed by atoms with Gasteiger partial charge in [0.05, 0.1) is 0 Å².